The van der Waals surface area contributed by atoms with Crippen molar-refractivity contribution in [3.63, 3.8) is 0 Å². The Morgan fingerprint density at radius 1 is 0.595 bits per heavy atom. The first kappa shape index (κ1) is 33.1. The summed E-state index contributed by atoms with van der Waals surface area (Å²) < 4.78 is 32.1. The zero-order valence-electron chi connectivity index (χ0n) is 23.7. The number of carbonyl (C=O) groups is 4. The molecule has 0 fully saturated rings. The monoisotopic (exact) mass is 578 g/mol. The van der Waals surface area contributed by atoms with Gasteiger partial charge in [0.25, 0.3) is 0 Å². The Labute approximate surface area is 244 Å². The van der Waals surface area contributed by atoms with Gasteiger partial charge in [-0.2, -0.15) is 0 Å². The van der Waals surface area contributed by atoms with E-state index < -0.39 is 36.1 Å². The van der Waals surface area contributed by atoms with Crippen molar-refractivity contribution in [1.82, 2.24) is 0 Å². The van der Waals surface area contributed by atoms with Crippen LogP contribution in [-0.4, -0.2) is 62.5 Å². The first-order chi connectivity index (χ1) is 20.1. The average molecular weight is 579 g/mol. The minimum absolute atomic E-state index is 0.0504. The van der Waals surface area contributed by atoms with Crippen LogP contribution in [0.1, 0.15) is 11.1 Å². The van der Waals surface area contributed by atoms with Crippen molar-refractivity contribution < 1.29 is 47.6 Å². The van der Waals surface area contributed by atoms with E-state index in [-0.39, 0.29) is 26.4 Å². The lowest BCUT2D eigenvalue weighted by Gasteiger charge is -2.19. The number of aryl methyl sites for hydroxylation is 2. The van der Waals surface area contributed by atoms with Crippen LogP contribution in [-0.2, 0) is 38.1 Å². The molecule has 0 spiro atoms. The van der Waals surface area contributed by atoms with E-state index in [0.29, 0.717) is 11.5 Å². The zero-order chi connectivity index (χ0) is 31.1. The summed E-state index contributed by atoms with van der Waals surface area (Å²) in [5.41, 5.74) is 3.47. The van der Waals surface area contributed by atoms with Gasteiger partial charge in [-0.3, -0.25) is 0 Å². The largest absolute Gasteiger partial charge is 0.489 e. The standard InChI is InChI=1S/C32H34O10/c1-7-29(33)39-19-25(41-31(35)9-3)17-37-27-13-11-23(15-21(27)5)24-12-14-28(22(6)16-24)38-18-26(42-32(36)10-4)20-40-30(34)8-2/h7-16,25-26H,1-4,17-20H2,5-6H3. The summed E-state index contributed by atoms with van der Waals surface area (Å²) in [7, 11) is 0. The second-order valence-electron chi connectivity index (χ2n) is 8.78. The molecule has 0 radical (unpaired) electrons. The van der Waals surface area contributed by atoms with E-state index in [4.69, 9.17) is 28.4 Å². The van der Waals surface area contributed by atoms with Gasteiger partial charge in [-0.25, -0.2) is 19.2 Å². The number of esters is 4. The molecule has 0 N–H and O–H groups in total. The van der Waals surface area contributed by atoms with Crippen molar-refractivity contribution in [1.29, 1.82) is 0 Å². The smallest absolute Gasteiger partial charge is 0.330 e. The maximum absolute atomic E-state index is 11.7. The van der Waals surface area contributed by atoms with Crippen LogP contribution in [0.25, 0.3) is 11.1 Å². The van der Waals surface area contributed by atoms with Gasteiger partial charge in [0.05, 0.1) is 0 Å². The van der Waals surface area contributed by atoms with Gasteiger partial charge in [-0.1, -0.05) is 38.4 Å². The van der Waals surface area contributed by atoms with E-state index in [1.54, 1.807) is 12.1 Å². The number of rotatable bonds is 17. The summed E-state index contributed by atoms with van der Waals surface area (Å²) in [5.74, 6) is -1.52. The molecule has 10 heteroatoms. The fourth-order valence-electron chi connectivity index (χ4n) is 3.47. The average Bonchev–Trinajstić information content (AvgIpc) is 2.99. The molecule has 0 aliphatic heterocycles. The lowest BCUT2D eigenvalue weighted by Crippen LogP contribution is -2.30. The van der Waals surface area contributed by atoms with E-state index in [0.717, 1.165) is 46.6 Å². The molecule has 0 saturated heterocycles. The predicted octanol–water partition coefficient (Wildman–Crippen LogP) is 4.38. The Bertz CT molecular complexity index is 1230. The Hall–Kier alpha value is -5.12. The van der Waals surface area contributed by atoms with E-state index in [2.05, 4.69) is 26.3 Å². The van der Waals surface area contributed by atoms with Crippen LogP contribution in [0.5, 0.6) is 11.5 Å². The molecule has 2 unspecified atom stereocenters. The van der Waals surface area contributed by atoms with E-state index in [1.807, 2.05) is 38.1 Å². The van der Waals surface area contributed by atoms with Gasteiger partial charge in [0.15, 0.2) is 12.2 Å². The Balaban J connectivity index is 2.08. The summed E-state index contributed by atoms with van der Waals surface area (Å²) in [6.07, 6.45) is 2.36. The highest BCUT2D eigenvalue weighted by Crippen LogP contribution is 2.30. The molecule has 0 aliphatic rings. The third-order valence-corrected chi connectivity index (χ3v) is 5.59. The molecule has 0 bridgehead atoms. The third kappa shape index (κ3) is 10.8. The minimum Gasteiger partial charge on any atom is -0.489 e. The molecule has 0 heterocycles. The van der Waals surface area contributed by atoms with Crippen molar-refractivity contribution in [2.75, 3.05) is 26.4 Å². The number of carbonyl (C=O) groups excluding carboxylic acids is 4. The molecule has 42 heavy (non-hydrogen) atoms. The third-order valence-electron chi connectivity index (χ3n) is 5.59. The Morgan fingerprint density at radius 3 is 1.26 bits per heavy atom. The first-order valence-electron chi connectivity index (χ1n) is 12.8. The fourth-order valence-corrected chi connectivity index (χ4v) is 3.47. The minimum atomic E-state index is -0.845. The highest BCUT2D eigenvalue weighted by atomic mass is 16.6. The lowest BCUT2D eigenvalue weighted by molar-refractivity contribution is -0.154. The zero-order valence-corrected chi connectivity index (χ0v) is 23.7. The second-order valence-corrected chi connectivity index (χ2v) is 8.78. The summed E-state index contributed by atoms with van der Waals surface area (Å²) in [6, 6.07) is 11.2. The van der Waals surface area contributed by atoms with Crippen molar-refractivity contribution in [3.8, 4) is 22.6 Å². The van der Waals surface area contributed by atoms with E-state index >= 15 is 0 Å². The van der Waals surface area contributed by atoms with Crippen LogP contribution in [0.15, 0.2) is 87.0 Å². The van der Waals surface area contributed by atoms with Crippen LogP contribution in [0.4, 0.5) is 0 Å². The SMILES string of the molecule is C=CC(=O)OCC(COc1ccc(-c2ccc(OCC(COC(=O)C=C)OC(=O)C=C)c(C)c2)cc1C)OC(=O)C=C. The maximum atomic E-state index is 11.7. The maximum Gasteiger partial charge on any atom is 0.330 e. The van der Waals surface area contributed by atoms with Gasteiger partial charge in [0.1, 0.15) is 37.9 Å². The summed E-state index contributed by atoms with van der Waals surface area (Å²) >= 11 is 0. The molecular weight excluding hydrogens is 544 g/mol. The molecule has 2 aromatic carbocycles. The lowest BCUT2D eigenvalue weighted by atomic mass is 10.0. The van der Waals surface area contributed by atoms with Gasteiger partial charge < -0.3 is 28.4 Å². The second kappa shape index (κ2) is 16.9. The molecule has 2 rings (SSSR count). The molecule has 0 saturated carbocycles. The highest BCUT2D eigenvalue weighted by molar-refractivity contribution is 5.82. The molecule has 0 aliphatic carbocycles. The molecular formula is C32H34O10. The normalized spacial score (nSPS) is 11.6. The van der Waals surface area contributed by atoms with Gasteiger partial charge in [-0.15, -0.1) is 0 Å². The van der Waals surface area contributed by atoms with Crippen LogP contribution in [0.3, 0.4) is 0 Å². The molecule has 222 valence electrons. The molecule has 2 aromatic rings. The predicted molar refractivity (Wildman–Crippen MR) is 155 cm³/mol. The van der Waals surface area contributed by atoms with Crippen LogP contribution < -0.4 is 9.47 Å². The van der Waals surface area contributed by atoms with Gasteiger partial charge in [0, 0.05) is 24.3 Å². The number of benzene rings is 2. The summed E-state index contributed by atoms with van der Waals surface area (Å²) in [5, 5.41) is 0. The highest BCUT2D eigenvalue weighted by Gasteiger charge is 2.18. The van der Waals surface area contributed by atoms with E-state index in [1.165, 1.54) is 0 Å². The van der Waals surface area contributed by atoms with Gasteiger partial charge in [0.2, 0.25) is 0 Å². The van der Waals surface area contributed by atoms with Crippen molar-refractivity contribution in [3.05, 3.63) is 98.1 Å². The van der Waals surface area contributed by atoms with E-state index in [9.17, 15) is 19.2 Å². The molecule has 0 aromatic heterocycles. The van der Waals surface area contributed by atoms with Crippen molar-refractivity contribution in [2.45, 2.75) is 26.1 Å². The Morgan fingerprint density at radius 2 is 0.952 bits per heavy atom. The summed E-state index contributed by atoms with van der Waals surface area (Å²) in [6.45, 7) is 16.6. The van der Waals surface area contributed by atoms with Gasteiger partial charge >= 0.3 is 23.9 Å². The topological polar surface area (TPSA) is 124 Å². The van der Waals surface area contributed by atoms with Crippen molar-refractivity contribution >= 4 is 23.9 Å². The Kier molecular flexibility index (Phi) is 13.3. The number of hydrogen-bond donors (Lipinski definition) is 0. The fraction of sp³-hybridized carbons (Fsp3) is 0.250. The molecule has 0 amide bonds. The summed E-state index contributed by atoms with van der Waals surface area (Å²) in [4.78, 5) is 46.1. The van der Waals surface area contributed by atoms with Crippen molar-refractivity contribution in [2.24, 2.45) is 0 Å². The molecule has 10 nitrogen and oxygen atoms in total. The number of hydrogen-bond acceptors (Lipinski definition) is 10. The quantitative estimate of drug-likeness (QED) is 0.152. The van der Waals surface area contributed by atoms with Crippen LogP contribution in [0.2, 0.25) is 0 Å². The number of ether oxygens (including phenoxy) is 6. The van der Waals surface area contributed by atoms with Crippen LogP contribution in [0, 0.1) is 13.8 Å². The first-order valence-corrected chi connectivity index (χ1v) is 12.8. The van der Waals surface area contributed by atoms with Crippen LogP contribution >= 0.6 is 0 Å². The molecule has 2 atom stereocenters. The van der Waals surface area contributed by atoms with Gasteiger partial charge in [-0.05, 0) is 60.4 Å².